The van der Waals surface area contributed by atoms with Gasteiger partial charge >= 0.3 is 0 Å². The molecule has 3 nitrogen and oxygen atoms in total. The van der Waals surface area contributed by atoms with Gasteiger partial charge in [0.15, 0.2) is 0 Å². The molecule has 1 rings (SSSR count). The topological polar surface area (TPSA) is 46.1 Å². The predicted molar refractivity (Wildman–Crippen MR) is 92.4 cm³/mol. The Bertz CT molecular complexity index is 475. The Kier molecular flexibility index (Phi) is 6.45. The van der Waals surface area contributed by atoms with Crippen LogP contribution in [0.15, 0.2) is 18.2 Å². The highest BCUT2D eigenvalue weighted by atomic mass is 16.5. The number of aliphatic hydroxyl groups is 1. The zero-order chi connectivity index (χ0) is 17.0. The highest BCUT2D eigenvalue weighted by Gasteiger charge is 2.29. The third-order valence-electron chi connectivity index (χ3n) is 3.69. The van der Waals surface area contributed by atoms with Crippen molar-refractivity contribution in [3.63, 3.8) is 0 Å². The summed E-state index contributed by atoms with van der Waals surface area (Å²) < 4.78 is 5.75. The monoisotopic (exact) mass is 308 g/mol. The quantitative estimate of drug-likeness (QED) is 0.813. The summed E-state index contributed by atoms with van der Waals surface area (Å²) in [6, 6.07) is 6.11. The molecule has 0 bridgehead atoms. The summed E-state index contributed by atoms with van der Waals surface area (Å²) in [7, 11) is 0. The number of hydrogen-bond acceptors (Lipinski definition) is 2. The van der Waals surface area contributed by atoms with Crippen molar-refractivity contribution in [3.05, 3.63) is 29.3 Å². The lowest BCUT2D eigenvalue weighted by molar-refractivity contribution is -0.727. The van der Waals surface area contributed by atoms with E-state index < -0.39 is 6.10 Å². The summed E-state index contributed by atoms with van der Waals surface area (Å²) >= 11 is 0. The first-order chi connectivity index (χ1) is 9.98. The van der Waals surface area contributed by atoms with Crippen molar-refractivity contribution in [2.75, 3.05) is 13.2 Å². The molecule has 126 valence electrons. The summed E-state index contributed by atoms with van der Waals surface area (Å²) in [5, 5.41) is 12.4. The molecule has 0 heterocycles. The van der Waals surface area contributed by atoms with E-state index >= 15 is 0 Å². The van der Waals surface area contributed by atoms with Gasteiger partial charge in [-0.25, -0.2) is 0 Å². The lowest BCUT2D eigenvalue weighted by Gasteiger charge is -2.31. The maximum absolute atomic E-state index is 10.2. The van der Waals surface area contributed by atoms with Gasteiger partial charge in [0.25, 0.3) is 0 Å². The molecule has 3 N–H and O–H groups in total. The minimum Gasteiger partial charge on any atom is -0.490 e. The molecule has 0 saturated carbocycles. The van der Waals surface area contributed by atoms with E-state index in [1.54, 1.807) is 0 Å². The van der Waals surface area contributed by atoms with Gasteiger partial charge in [0, 0.05) is 6.42 Å². The molecule has 0 aliphatic rings. The Morgan fingerprint density at radius 2 is 1.77 bits per heavy atom. The third-order valence-corrected chi connectivity index (χ3v) is 3.69. The number of benzene rings is 1. The number of rotatable bonds is 7. The second-order valence-corrected chi connectivity index (χ2v) is 8.40. The van der Waals surface area contributed by atoms with Gasteiger partial charge in [0.1, 0.15) is 25.0 Å². The molecule has 22 heavy (non-hydrogen) atoms. The van der Waals surface area contributed by atoms with Crippen LogP contribution in [0.25, 0.3) is 0 Å². The summed E-state index contributed by atoms with van der Waals surface area (Å²) in [4.78, 5) is 0. The van der Waals surface area contributed by atoms with Crippen LogP contribution in [0.5, 0.6) is 5.75 Å². The van der Waals surface area contributed by atoms with Crippen molar-refractivity contribution < 1.29 is 15.2 Å². The molecule has 0 radical (unpaired) electrons. The number of quaternary nitrogens is 1. The van der Waals surface area contributed by atoms with Crippen molar-refractivity contribution in [2.45, 2.75) is 66.5 Å². The fraction of sp³-hybridized carbons (Fsp3) is 0.684. The van der Waals surface area contributed by atoms with E-state index in [9.17, 15) is 5.11 Å². The van der Waals surface area contributed by atoms with Crippen LogP contribution in [-0.2, 0) is 0 Å². The van der Waals surface area contributed by atoms with Gasteiger partial charge in [-0.3, -0.25) is 0 Å². The van der Waals surface area contributed by atoms with E-state index in [2.05, 4.69) is 52.9 Å². The number of aliphatic hydroxyl groups excluding tert-OH is 1. The van der Waals surface area contributed by atoms with Crippen LogP contribution in [0.1, 0.15) is 52.2 Å². The summed E-state index contributed by atoms with van der Waals surface area (Å²) in [5.41, 5.74) is 2.76. The van der Waals surface area contributed by atoms with Crippen molar-refractivity contribution in [1.82, 2.24) is 0 Å². The second-order valence-electron chi connectivity index (χ2n) is 8.40. The number of nitrogens with two attached hydrogens (primary N) is 1. The molecule has 3 heteroatoms. The van der Waals surface area contributed by atoms with Crippen LogP contribution < -0.4 is 10.1 Å². The normalized spacial score (nSPS) is 14.0. The van der Waals surface area contributed by atoms with Crippen molar-refractivity contribution in [1.29, 1.82) is 0 Å². The molecule has 0 aromatic heterocycles. The smallest absolute Gasteiger partial charge is 0.137 e. The Morgan fingerprint density at radius 1 is 1.14 bits per heavy atom. The Hall–Kier alpha value is -1.06. The first-order valence-electron chi connectivity index (χ1n) is 8.21. The SMILES string of the molecule is Cc1ccc(OC[C@H](O)C[NH2+]C(C)(C)CC(C)(C)C)c(C)c1. The lowest BCUT2D eigenvalue weighted by atomic mass is 9.82. The molecular formula is C19H34NO2+. The molecule has 0 aliphatic heterocycles. The van der Waals surface area contributed by atoms with Crippen molar-refractivity contribution in [3.8, 4) is 5.75 Å². The maximum atomic E-state index is 10.2. The summed E-state index contributed by atoms with van der Waals surface area (Å²) in [6.45, 7) is 16.3. The van der Waals surface area contributed by atoms with Gasteiger partial charge in [-0.05, 0) is 44.7 Å². The van der Waals surface area contributed by atoms with Gasteiger partial charge in [0.2, 0.25) is 0 Å². The van der Waals surface area contributed by atoms with E-state index in [1.807, 2.05) is 19.1 Å². The van der Waals surface area contributed by atoms with Crippen LogP contribution in [-0.4, -0.2) is 29.9 Å². The van der Waals surface area contributed by atoms with Gasteiger partial charge in [-0.2, -0.15) is 0 Å². The first-order valence-corrected chi connectivity index (χ1v) is 8.21. The fourth-order valence-corrected chi connectivity index (χ4v) is 3.11. The average Bonchev–Trinajstić information content (AvgIpc) is 2.32. The average molecular weight is 308 g/mol. The first kappa shape index (κ1) is 19.0. The molecule has 0 unspecified atom stereocenters. The van der Waals surface area contributed by atoms with Crippen LogP contribution in [0.4, 0.5) is 0 Å². The molecule has 0 saturated heterocycles. The number of hydrogen-bond donors (Lipinski definition) is 2. The Balaban J connectivity index is 2.42. The molecule has 1 atom stereocenters. The van der Waals surface area contributed by atoms with E-state index in [-0.39, 0.29) is 5.54 Å². The minimum absolute atomic E-state index is 0.124. The highest BCUT2D eigenvalue weighted by molar-refractivity contribution is 5.35. The van der Waals surface area contributed by atoms with Crippen molar-refractivity contribution >= 4 is 0 Å². The van der Waals surface area contributed by atoms with Crippen LogP contribution in [0.3, 0.4) is 0 Å². The Morgan fingerprint density at radius 3 is 2.32 bits per heavy atom. The van der Waals surface area contributed by atoms with Gasteiger partial charge < -0.3 is 15.2 Å². The minimum atomic E-state index is -0.458. The van der Waals surface area contributed by atoms with E-state index in [4.69, 9.17) is 4.74 Å². The number of aryl methyl sites for hydroxylation is 2. The van der Waals surface area contributed by atoms with Gasteiger partial charge in [-0.1, -0.05) is 38.5 Å². The molecule has 0 spiro atoms. The standard InChI is InChI=1S/C19H33NO2/c1-14-8-9-17(15(2)10-14)22-12-16(21)11-20-19(6,7)13-18(3,4)5/h8-10,16,20-21H,11-13H2,1-7H3/p+1/t16-/m1/s1. The van der Waals surface area contributed by atoms with Crippen LogP contribution in [0.2, 0.25) is 0 Å². The van der Waals surface area contributed by atoms with Crippen LogP contribution >= 0.6 is 0 Å². The Labute approximate surface area is 136 Å². The lowest BCUT2D eigenvalue weighted by Crippen LogP contribution is -2.97. The summed E-state index contributed by atoms with van der Waals surface area (Å²) in [6.07, 6.45) is 0.643. The van der Waals surface area contributed by atoms with Gasteiger partial charge in [-0.15, -0.1) is 0 Å². The molecule has 1 aromatic carbocycles. The third kappa shape index (κ3) is 7.28. The molecular weight excluding hydrogens is 274 g/mol. The molecule has 0 fully saturated rings. The number of ether oxygens (including phenoxy) is 1. The molecule has 0 aliphatic carbocycles. The highest BCUT2D eigenvalue weighted by Crippen LogP contribution is 2.24. The maximum Gasteiger partial charge on any atom is 0.137 e. The van der Waals surface area contributed by atoms with E-state index in [1.165, 1.54) is 5.56 Å². The zero-order valence-corrected chi connectivity index (χ0v) is 15.4. The molecule has 1 aromatic rings. The van der Waals surface area contributed by atoms with E-state index in [0.717, 1.165) is 17.7 Å². The van der Waals surface area contributed by atoms with E-state index in [0.29, 0.717) is 18.6 Å². The summed E-state index contributed by atoms with van der Waals surface area (Å²) in [5.74, 6) is 0.860. The van der Waals surface area contributed by atoms with Gasteiger partial charge in [0.05, 0.1) is 5.54 Å². The van der Waals surface area contributed by atoms with Crippen LogP contribution in [0, 0.1) is 19.3 Å². The fourth-order valence-electron chi connectivity index (χ4n) is 3.11. The van der Waals surface area contributed by atoms with Crippen molar-refractivity contribution in [2.24, 2.45) is 5.41 Å². The molecule has 0 amide bonds. The predicted octanol–water partition coefficient (Wildman–Crippen LogP) is 2.82. The second kappa shape index (κ2) is 7.47. The largest absolute Gasteiger partial charge is 0.490 e. The zero-order valence-electron chi connectivity index (χ0n) is 15.4.